The summed E-state index contributed by atoms with van der Waals surface area (Å²) in [6.45, 7) is 6.86. The normalized spacial score (nSPS) is 57.9. The molecule has 2 aliphatic heterocycles. The van der Waals surface area contributed by atoms with Gasteiger partial charge in [-0.05, 0) is 0 Å². The van der Waals surface area contributed by atoms with Crippen LogP contribution in [0.5, 0.6) is 0 Å². The predicted molar refractivity (Wildman–Crippen MR) is 51.7 cm³/mol. The van der Waals surface area contributed by atoms with Crippen LogP contribution in [-0.4, -0.2) is 34.4 Å². The van der Waals surface area contributed by atoms with E-state index in [0.717, 1.165) is 11.2 Å². The molecule has 2 rings (SSSR count). The molecule has 0 aromatic rings. The molecule has 0 aliphatic carbocycles. The van der Waals surface area contributed by atoms with Gasteiger partial charge in [-0.2, -0.15) is 0 Å². The predicted octanol–water partition coefficient (Wildman–Crippen LogP) is 1.61. The van der Waals surface area contributed by atoms with Gasteiger partial charge in [0, 0.05) is 0 Å². The third-order valence-electron chi connectivity index (χ3n) is 3.54. The number of fused-ring (bicyclic) bond motifs is 2. The molecule has 2 fully saturated rings. The summed E-state index contributed by atoms with van der Waals surface area (Å²) in [5, 5.41) is 0. The van der Waals surface area contributed by atoms with Crippen molar-refractivity contribution in [3.8, 4) is 0 Å². The van der Waals surface area contributed by atoms with Crippen molar-refractivity contribution in [2.45, 2.75) is 48.4 Å². The van der Waals surface area contributed by atoms with Crippen molar-refractivity contribution >= 4 is 22.8 Å². The first-order valence-electron chi connectivity index (χ1n) is 4.70. The van der Waals surface area contributed by atoms with Crippen LogP contribution in [0.15, 0.2) is 0 Å². The zero-order chi connectivity index (χ0) is 8.93. The van der Waals surface area contributed by atoms with Gasteiger partial charge < -0.3 is 0 Å². The summed E-state index contributed by atoms with van der Waals surface area (Å²) in [7, 11) is 5.93. The Morgan fingerprint density at radius 1 is 1.50 bits per heavy atom. The standard InChI is InChI=1S/C9H15BOSe/c1-4-9-5(2)7(8(10)11-9)12-6(9)3/h5-8H,4H2,1-3H3/t5?,6-,7-,8+,9+/m0/s1. The van der Waals surface area contributed by atoms with Crippen molar-refractivity contribution < 1.29 is 4.74 Å². The van der Waals surface area contributed by atoms with Crippen LogP contribution >= 0.6 is 0 Å². The van der Waals surface area contributed by atoms with E-state index in [1.807, 2.05) is 0 Å². The van der Waals surface area contributed by atoms with Gasteiger partial charge >= 0.3 is 81.9 Å². The molecule has 0 amide bonds. The number of hydrogen-bond donors (Lipinski definition) is 0. The summed E-state index contributed by atoms with van der Waals surface area (Å²) >= 11 is 0.701. The molecule has 2 heterocycles. The van der Waals surface area contributed by atoms with Crippen LogP contribution in [0.2, 0.25) is 9.63 Å². The van der Waals surface area contributed by atoms with Crippen LogP contribution in [0.3, 0.4) is 0 Å². The Hall–Kier alpha value is 0.544. The topological polar surface area (TPSA) is 9.23 Å². The van der Waals surface area contributed by atoms with E-state index in [-0.39, 0.29) is 11.6 Å². The fourth-order valence-corrected chi connectivity index (χ4v) is 6.50. The first kappa shape index (κ1) is 9.11. The Morgan fingerprint density at radius 3 is 2.50 bits per heavy atom. The maximum absolute atomic E-state index is 5.93. The molecule has 0 aromatic heterocycles. The average Bonchev–Trinajstić information content (AvgIpc) is 2.41. The van der Waals surface area contributed by atoms with Crippen molar-refractivity contribution in [3.63, 3.8) is 0 Å². The van der Waals surface area contributed by atoms with Gasteiger partial charge in [-0.1, -0.05) is 0 Å². The van der Waals surface area contributed by atoms with Crippen LogP contribution in [0, 0.1) is 5.92 Å². The van der Waals surface area contributed by atoms with Crippen molar-refractivity contribution in [1.82, 2.24) is 0 Å². The quantitative estimate of drug-likeness (QED) is 0.620. The Balaban J connectivity index is 2.30. The monoisotopic (exact) mass is 230 g/mol. The van der Waals surface area contributed by atoms with Gasteiger partial charge in [0.25, 0.3) is 0 Å². The second kappa shape index (κ2) is 2.77. The van der Waals surface area contributed by atoms with Crippen LogP contribution < -0.4 is 0 Å². The molecular weight excluding hydrogens is 214 g/mol. The molecule has 5 atom stereocenters. The molecule has 12 heavy (non-hydrogen) atoms. The van der Waals surface area contributed by atoms with Gasteiger partial charge in [0.1, 0.15) is 0 Å². The van der Waals surface area contributed by atoms with Crippen molar-refractivity contribution in [3.05, 3.63) is 0 Å². The van der Waals surface area contributed by atoms with Crippen LogP contribution in [0.4, 0.5) is 0 Å². The van der Waals surface area contributed by atoms with Gasteiger partial charge in [0.2, 0.25) is 0 Å². The van der Waals surface area contributed by atoms with Gasteiger partial charge in [-0.25, -0.2) is 0 Å². The Bertz CT molecular complexity index is 199. The Morgan fingerprint density at radius 2 is 2.17 bits per heavy atom. The molecule has 3 heteroatoms. The first-order valence-corrected chi connectivity index (χ1v) is 6.68. The molecule has 1 nitrogen and oxygen atoms in total. The fourth-order valence-electron chi connectivity index (χ4n) is 2.70. The van der Waals surface area contributed by atoms with E-state index in [1.54, 1.807) is 0 Å². The summed E-state index contributed by atoms with van der Waals surface area (Å²) in [5.74, 6) is 0.687. The van der Waals surface area contributed by atoms with Gasteiger partial charge in [0.05, 0.1) is 0 Å². The van der Waals surface area contributed by atoms with Gasteiger partial charge in [-0.3, -0.25) is 0 Å². The van der Waals surface area contributed by atoms with E-state index in [4.69, 9.17) is 12.6 Å². The SMILES string of the molecule is [B][C@@H]1O[C@]2(CC)C(C)[C@@H]1[Se][C@H]2C. The zero-order valence-corrected chi connectivity index (χ0v) is 9.62. The molecule has 2 radical (unpaired) electrons. The van der Waals surface area contributed by atoms with E-state index in [0.29, 0.717) is 25.7 Å². The Kier molecular flexibility index (Phi) is 2.10. The van der Waals surface area contributed by atoms with Crippen molar-refractivity contribution in [1.29, 1.82) is 0 Å². The molecule has 1 unspecified atom stereocenters. The molecule has 0 saturated carbocycles. The zero-order valence-electron chi connectivity index (χ0n) is 7.91. The number of ether oxygens (including phenoxy) is 1. The first-order chi connectivity index (χ1) is 5.62. The summed E-state index contributed by atoms with van der Waals surface area (Å²) in [6.07, 6.45) is 1.13. The van der Waals surface area contributed by atoms with Gasteiger partial charge in [-0.15, -0.1) is 0 Å². The van der Waals surface area contributed by atoms with E-state index in [1.165, 1.54) is 0 Å². The molecular formula is C9H15BOSe. The maximum atomic E-state index is 5.93. The van der Waals surface area contributed by atoms with E-state index < -0.39 is 0 Å². The second-order valence-corrected chi connectivity index (χ2v) is 7.12. The Labute approximate surface area is 82.2 Å². The number of hydrogen-bond acceptors (Lipinski definition) is 1. The molecule has 2 bridgehead atoms. The summed E-state index contributed by atoms with van der Waals surface area (Å²) in [6, 6.07) is 0.0381. The fraction of sp³-hybridized carbons (Fsp3) is 1.00. The van der Waals surface area contributed by atoms with E-state index in [2.05, 4.69) is 20.8 Å². The number of rotatable bonds is 1. The van der Waals surface area contributed by atoms with Crippen molar-refractivity contribution in [2.75, 3.05) is 0 Å². The minimum absolute atomic E-state index is 0.0381. The van der Waals surface area contributed by atoms with E-state index in [9.17, 15) is 0 Å². The van der Waals surface area contributed by atoms with Gasteiger partial charge in [0.15, 0.2) is 0 Å². The molecule has 0 aromatic carbocycles. The molecule has 2 saturated heterocycles. The second-order valence-electron chi connectivity index (χ2n) is 3.92. The van der Waals surface area contributed by atoms with E-state index >= 15 is 0 Å². The van der Waals surface area contributed by atoms with Crippen molar-refractivity contribution in [2.24, 2.45) is 5.92 Å². The third-order valence-corrected chi connectivity index (χ3v) is 7.32. The summed E-state index contributed by atoms with van der Waals surface area (Å²) in [5.41, 5.74) is 0.143. The molecule has 2 aliphatic rings. The van der Waals surface area contributed by atoms with Crippen LogP contribution in [0.1, 0.15) is 27.2 Å². The minimum atomic E-state index is 0.0381. The summed E-state index contributed by atoms with van der Waals surface area (Å²) in [4.78, 5) is 1.43. The average molecular weight is 229 g/mol. The van der Waals surface area contributed by atoms with Crippen LogP contribution in [-0.2, 0) is 4.74 Å². The molecule has 0 spiro atoms. The third kappa shape index (κ3) is 0.907. The summed E-state index contributed by atoms with van der Waals surface area (Å²) < 4.78 is 5.91. The van der Waals surface area contributed by atoms with Crippen LogP contribution in [0.25, 0.3) is 0 Å². The molecule has 0 N–H and O–H groups in total. The molecule has 66 valence electrons.